The quantitative estimate of drug-likeness (QED) is 0.721. The van der Waals surface area contributed by atoms with Crippen molar-refractivity contribution < 1.29 is 24.1 Å². The van der Waals surface area contributed by atoms with E-state index in [2.05, 4.69) is 0 Å². The van der Waals surface area contributed by atoms with Crippen molar-refractivity contribution in [2.45, 2.75) is 26.0 Å². The van der Waals surface area contributed by atoms with Crippen molar-refractivity contribution in [3.05, 3.63) is 23.8 Å². The minimum atomic E-state index is -1.24. The van der Waals surface area contributed by atoms with Crippen LogP contribution >= 0.6 is 0 Å². The number of hydrogen-bond acceptors (Lipinski definition) is 6. The summed E-state index contributed by atoms with van der Waals surface area (Å²) in [6.07, 6.45) is 0. The molecule has 6 heteroatoms. The van der Waals surface area contributed by atoms with E-state index in [0.29, 0.717) is 17.1 Å². The third-order valence-corrected chi connectivity index (χ3v) is 2.68. The van der Waals surface area contributed by atoms with E-state index in [0.717, 1.165) is 0 Å². The highest BCUT2D eigenvalue weighted by atomic mass is 16.5. The third kappa shape index (κ3) is 4.11. The molecule has 0 fully saturated rings. The van der Waals surface area contributed by atoms with E-state index >= 15 is 0 Å². The van der Waals surface area contributed by atoms with Gasteiger partial charge in [0.15, 0.2) is 11.5 Å². The summed E-state index contributed by atoms with van der Waals surface area (Å²) in [5.74, 6) is 0.396. The number of ether oxygens (including phenoxy) is 3. The number of carbonyl (C=O) groups excluding carboxylic acids is 1. The van der Waals surface area contributed by atoms with Gasteiger partial charge in [-0.3, -0.25) is 0 Å². The Bertz CT molecular complexity index is 459. The molecule has 0 amide bonds. The second-order valence-electron chi connectivity index (χ2n) is 4.57. The Labute approximate surface area is 118 Å². The second-order valence-corrected chi connectivity index (χ2v) is 4.57. The molecule has 1 aromatic carbocycles. The van der Waals surface area contributed by atoms with Crippen molar-refractivity contribution in [3.63, 3.8) is 0 Å². The normalized spacial score (nSPS) is 13.4. The van der Waals surface area contributed by atoms with Crippen molar-refractivity contribution in [1.29, 1.82) is 0 Å². The smallest absolute Gasteiger partial charge is 0.329 e. The zero-order chi connectivity index (χ0) is 15.2. The van der Waals surface area contributed by atoms with Crippen LogP contribution in [0.1, 0.15) is 19.4 Å². The SMILES string of the molecule is CCOC(=O)C(C)(N)COc1ccc(CO)cc1OC. The molecule has 0 bridgehead atoms. The molecule has 1 aromatic rings. The standard InChI is InChI=1S/C14H21NO5/c1-4-19-13(17)14(2,15)9-20-11-6-5-10(8-16)7-12(11)18-3/h5-7,16H,4,8-9,15H2,1-3H3. The van der Waals surface area contributed by atoms with Gasteiger partial charge < -0.3 is 25.1 Å². The average Bonchev–Trinajstić information content (AvgIpc) is 2.45. The Morgan fingerprint density at radius 2 is 2.10 bits per heavy atom. The molecule has 1 atom stereocenters. The fourth-order valence-electron chi connectivity index (χ4n) is 1.51. The van der Waals surface area contributed by atoms with Gasteiger partial charge in [0, 0.05) is 0 Å². The molecular weight excluding hydrogens is 262 g/mol. The zero-order valence-electron chi connectivity index (χ0n) is 12.0. The lowest BCUT2D eigenvalue weighted by molar-refractivity contribution is -0.150. The fraction of sp³-hybridized carbons (Fsp3) is 0.500. The number of esters is 1. The molecule has 0 aromatic heterocycles. The van der Waals surface area contributed by atoms with E-state index in [1.54, 1.807) is 32.0 Å². The molecule has 0 aliphatic heterocycles. The third-order valence-electron chi connectivity index (χ3n) is 2.68. The topological polar surface area (TPSA) is 91.0 Å². The summed E-state index contributed by atoms with van der Waals surface area (Å²) in [5, 5.41) is 9.06. The Hall–Kier alpha value is -1.79. The number of methoxy groups -OCH3 is 1. The highest BCUT2D eigenvalue weighted by Crippen LogP contribution is 2.28. The molecule has 0 heterocycles. The van der Waals surface area contributed by atoms with Gasteiger partial charge in [-0.05, 0) is 31.5 Å². The first-order chi connectivity index (χ1) is 9.44. The van der Waals surface area contributed by atoms with Gasteiger partial charge in [0.25, 0.3) is 0 Å². The maximum absolute atomic E-state index is 11.6. The van der Waals surface area contributed by atoms with Gasteiger partial charge in [0.2, 0.25) is 0 Å². The Balaban J connectivity index is 2.76. The van der Waals surface area contributed by atoms with Crippen molar-refractivity contribution in [1.82, 2.24) is 0 Å². The van der Waals surface area contributed by atoms with E-state index in [9.17, 15) is 4.79 Å². The Morgan fingerprint density at radius 3 is 2.65 bits per heavy atom. The van der Waals surface area contributed by atoms with Gasteiger partial charge in [-0.25, -0.2) is 4.79 Å². The molecule has 0 saturated carbocycles. The lowest BCUT2D eigenvalue weighted by Gasteiger charge is -2.23. The zero-order valence-corrected chi connectivity index (χ0v) is 12.0. The highest BCUT2D eigenvalue weighted by Gasteiger charge is 2.31. The lowest BCUT2D eigenvalue weighted by Crippen LogP contribution is -2.51. The number of hydrogen-bond donors (Lipinski definition) is 2. The number of aliphatic hydroxyl groups is 1. The summed E-state index contributed by atoms with van der Waals surface area (Å²) in [7, 11) is 1.50. The summed E-state index contributed by atoms with van der Waals surface area (Å²) >= 11 is 0. The first kappa shape index (κ1) is 16.3. The average molecular weight is 283 g/mol. The molecule has 0 radical (unpaired) electrons. The van der Waals surface area contributed by atoms with Crippen LogP contribution in [0.3, 0.4) is 0 Å². The van der Waals surface area contributed by atoms with E-state index in [1.807, 2.05) is 0 Å². The first-order valence-corrected chi connectivity index (χ1v) is 6.31. The van der Waals surface area contributed by atoms with Crippen LogP contribution in [0.2, 0.25) is 0 Å². The number of carbonyl (C=O) groups is 1. The van der Waals surface area contributed by atoms with Crippen molar-refractivity contribution in [2.24, 2.45) is 5.73 Å². The van der Waals surface area contributed by atoms with Gasteiger partial charge in [0.05, 0.1) is 20.3 Å². The molecule has 0 saturated heterocycles. The summed E-state index contributed by atoms with van der Waals surface area (Å²) < 4.78 is 15.6. The van der Waals surface area contributed by atoms with Gasteiger partial charge in [-0.1, -0.05) is 6.07 Å². The molecule has 0 aliphatic carbocycles. The molecule has 3 N–H and O–H groups in total. The van der Waals surface area contributed by atoms with Gasteiger partial charge in [0.1, 0.15) is 12.1 Å². The van der Waals surface area contributed by atoms with Crippen LogP contribution < -0.4 is 15.2 Å². The molecular formula is C14H21NO5. The number of rotatable bonds is 7. The fourth-order valence-corrected chi connectivity index (χ4v) is 1.51. The summed E-state index contributed by atoms with van der Waals surface area (Å²) in [4.78, 5) is 11.6. The van der Waals surface area contributed by atoms with Gasteiger partial charge in [-0.15, -0.1) is 0 Å². The second kappa shape index (κ2) is 7.12. The summed E-state index contributed by atoms with van der Waals surface area (Å²) in [6, 6.07) is 5.02. The van der Waals surface area contributed by atoms with Crippen LogP contribution in [-0.4, -0.2) is 36.9 Å². The summed E-state index contributed by atoms with van der Waals surface area (Å²) in [6.45, 7) is 3.39. The van der Waals surface area contributed by atoms with E-state index in [-0.39, 0.29) is 19.8 Å². The molecule has 0 aliphatic rings. The monoisotopic (exact) mass is 283 g/mol. The van der Waals surface area contributed by atoms with Gasteiger partial charge >= 0.3 is 5.97 Å². The minimum absolute atomic E-state index is 0.0410. The van der Waals surface area contributed by atoms with E-state index in [1.165, 1.54) is 7.11 Å². The van der Waals surface area contributed by atoms with Crippen LogP contribution in [0.25, 0.3) is 0 Å². The predicted octanol–water partition coefficient (Wildman–Crippen LogP) is 0.847. The molecule has 112 valence electrons. The minimum Gasteiger partial charge on any atom is -0.493 e. The first-order valence-electron chi connectivity index (χ1n) is 6.31. The van der Waals surface area contributed by atoms with E-state index in [4.69, 9.17) is 25.1 Å². The Morgan fingerprint density at radius 1 is 1.40 bits per heavy atom. The number of benzene rings is 1. The van der Waals surface area contributed by atoms with Crippen LogP contribution in [0.4, 0.5) is 0 Å². The molecule has 20 heavy (non-hydrogen) atoms. The summed E-state index contributed by atoms with van der Waals surface area (Å²) in [5.41, 5.74) is 5.33. The molecule has 0 spiro atoms. The van der Waals surface area contributed by atoms with Crippen molar-refractivity contribution in [3.8, 4) is 11.5 Å². The van der Waals surface area contributed by atoms with Crippen LogP contribution in [-0.2, 0) is 16.1 Å². The Kier molecular flexibility index (Phi) is 5.79. The van der Waals surface area contributed by atoms with E-state index < -0.39 is 11.5 Å². The predicted molar refractivity (Wildman–Crippen MR) is 73.6 cm³/mol. The van der Waals surface area contributed by atoms with Crippen molar-refractivity contribution >= 4 is 5.97 Å². The van der Waals surface area contributed by atoms with Crippen LogP contribution in [0.5, 0.6) is 11.5 Å². The van der Waals surface area contributed by atoms with Gasteiger partial charge in [-0.2, -0.15) is 0 Å². The van der Waals surface area contributed by atoms with Crippen LogP contribution in [0, 0.1) is 0 Å². The maximum Gasteiger partial charge on any atom is 0.329 e. The molecule has 1 rings (SSSR count). The number of aliphatic hydroxyl groups excluding tert-OH is 1. The molecule has 6 nitrogen and oxygen atoms in total. The maximum atomic E-state index is 11.6. The lowest BCUT2D eigenvalue weighted by atomic mass is 10.1. The van der Waals surface area contributed by atoms with Crippen LogP contribution in [0.15, 0.2) is 18.2 Å². The molecule has 1 unspecified atom stereocenters. The van der Waals surface area contributed by atoms with Crippen molar-refractivity contribution in [2.75, 3.05) is 20.3 Å². The number of nitrogens with two attached hydrogens (primary N) is 1. The largest absolute Gasteiger partial charge is 0.493 e. The highest BCUT2D eigenvalue weighted by molar-refractivity contribution is 5.80.